The summed E-state index contributed by atoms with van der Waals surface area (Å²) in [5.41, 5.74) is 8.98. The van der Waals surface area contributed by atoms with Crippen LogP contribution < -0.4 is 5.73 Å². The Hall–Kier alpha value is -0.960. The highest BCUT2D eigenvalue weighted by atomic mass is 35.5. The first kappa shape index (κ1) is 15.0. The van der Waals surface area contributed by atoms with Crippen LogP contribution in [0.4, 0.5) is 0 Å². The van der Waals surface area contributed by atoms with Crippen LogP contribution in [-0.4, -0.2) is 5.75 Å². The molecule has 1 fully saturated rings. The maximum absolute atomic E-state index is 6.30. The topological polar surface area (TPSA) is 26.0 Å². The number of rotatable bonds is 5. The second-order valence-corrected chi connectivity index (χ2v) is 7.11. The Labute approximate surface area is 135 Å². The molecule has 3 rings (SSSR count). The number of hydrogen-bond acceptors (Lipinski definition) is 2. The van der Waals surface area contributed by atoms with Gasteiger partial charge in [0.25, 0.3) is 0 Å². The normalized spacial score (nSPS) is 16.5. The summed E-state index contributed by atoms with van der Waals surface area (Å²) in [5, 5.41) is 0.801. The molecule has 1 aliphatic rings. The number of benzene rings is 2. The molecule has 1 aliphatic carbocycles. The second-order valence-electron chi connectivity index (χ2n) is 5.64. The summed E-state index contributed by atoms with van der Waals surface area (Å²) < 4.78 is 0. The van der Waals surface area contributed by atoms with Crippen molar-refractivity contribution in [1.82, 2.24) is 0 Å². The van der Waals surface area contributed by atoms with Crippen LogP contribution in [0, 0.1) is 0 Å². The largest absolute Gasteiger partial charge is 0.323 e. The van der Waals surface area contributed by atoms with E-state index >= 15 is 0 Å². The molecule has 0 amide bonds. The van der Waals surface area contributed by atoms with Gasteiger partial charge in [-0.15, -0.1) is 11.8 Å². The minimum Gasteiger partial charge on any atom is -0.323 e. The molecule has 3 heteroatoms. The number of nitrogens with two attached hydrogens (primary N) is 1. The molecule has 2 N–H and O–H groups in total. The predicted molar refractivity (Wildman–Crippen MR) is 92.1 cm³/mol. The van der Waals surface area contributed by atoms with Gasteiger partial charge in [0.1, 0.15) is 0 Å². The van der Waals surface area contributed by atoms with Crippen LogP contribution in [0.5, 0.6) is 0 Å². The van der Waals surface area contributed by atoms with Crippen LogP contribution in [-0.2, 0) is 0 Å². The fourth-order valence-corrected chi connectivity index (χ4v) is 3.83. The van der Waals surface area contributed by atoms with Crippen molar-refractivity contribution in [3.8, 4) is 0 Å². The smallest absolute Gasteiger partial charge is 0.0541 e. The van der Waals surface area contributed by atoms with Crippen LogP contribution in [0.25, 0.3) is 0 Å². The van der Waals surface area contributed by atoms with Gasteiger partial charge in [0.05, 0.1) is 5.02 Å². The molecule has 1 saturated carbocycles. The Morgan fingerprint density at radius 1 is 1.10 bits per heavy atom. The first-order chi connectivity index (χ1) is 10.2. The van der Waals surface area contributed by atoms with E-state index in [1.165, 1.54) is 30.4 Å². The number of thioether (sulfide) groups is 1. The third kappa shape index (κ3) is 3.63. The van der Waals surface area contributed by atoms with E-state index in [2.05, 4.69) is 24.3 Å². The van der Waals surface area contributed by atoms with Gasteiger partial charge in [0, 0.05) is 16.7 Å². The summed E-state index contributed by atoms with van der Waals surface area (Å²) in [6.45, 7) is 0. The molecule has 21 heavy (non-hydrogen) atoms. The molecule has 0 spiro atoms. The zero-order chi connectivity index (χ0) is 14.7. The highest BCUT2D eigenvalue weighted by molar-refractivity contribution is 7.99. The predicted octanol–water partition coefficient (Wildman–Crippen LogP) is 5.40. The van der Waals surface area contributed by atoms with Gasteiger partial charge in [0.2, 0.25) is 0 Å². The third-order valence-electron chi connectivity index (χ3n) is 4.20. The van der Waals surface area contributed by atoms with E-state index in [-0.39, 0.29) is 6.04 Å². The molecule has 1 nitrogen and oxygen atoms in total. The molecule has 1 atom stereocenters. The van der Waals surface area contributed by atoms with Crippen molar-refractivity contribution in [2.45, 2.75) is 36.1 Å². The molecular weight excluding hydrogens is 298 g/mol. The van der Waals surface area contributed by atoms with E-state index in [0.29, 0.717) is 0 Å². The van der Waals surface area contributed by atoms with Gasteiger partial charge in [-0.1, -0.05) is 54.4 Å². The Bertz CT molecular complexity index is 592. The monoisotopic (exact) mass is 317 g/mol. The Morgan fingerprint density at radius 2 is 1.81 bits per heavy atom. The lowest BCUT2D eigenvalue weighted by Crippen LogP contribution is -2.14. The van der Waals surface area contributed by atoms with Gasteiger partial charge in [-0.3, -0.25) is 0 Å². The van der Waals surface area contributed by atoms with Gasteiger partial charge in [-0.05, 0) is 42.0 Å². The molecule has 0 aromatic heterocycles. The van der Waals surface area contributed by atoms with Crippen LogP contribution in [0.2, 0.25) is 5.02 Å². The molecule has 110 valence electrons. The van der Waals surface area contributed by atoms with E-state index in [4.69, 9.17) is 17.3 Å². The zero-order valence-corrected chi connectivity index (χ0v) is 13.5. The lowest BCUT2D eigenvalue weighted by atomic mass is 9.80. The van der Waals surface area contributed by atoms with Crippen LogP contribution in [0.15, 0.2) is 53.4 Å². The fourth-order valence-electron chi connectivity index (χ4n) is 2.59. The van der Waals surface area contributed by atoms with Crippen LogP contribution in [0.3, 0.4) is 0 Å². The maximum atomic E-state index is 6.30. The molecule has 0 aliphatic heterocycles. The van der Waals surface area contributed by atoms with E-state index in [0.717, 1.165) is 21.6 Å². The average Bonchev–Trinajstić information content (AvgIpc) is 2.45. The van der Waals surface area contributed by atoms with Crippen molar-refractivity contribution in [1.29, 1.82) is 0 Å². The Balaban J connectivity index is 1.60. The number of hydrogen-bond donors (Lipinski definition) is 1. The quantitative estimate of drug-likeness (QED) is 0.747. The fraction of sp³-hybridized carbons (Fsp3) is 0.333. The summed E-state index contributed by atoms with van der Waals surface area (Å²) >= 11 is 7.89. The van der Waals surface area contributed by atoms with Crippen molar-refractivity contribution < 1.29 is 0 Å². The molecule has 0 heterocycles. The van der Waals surface area contributed by atoms with Gasteiger partial charge >= 0.3 is 0 Å². The van der Waals surface area contributed by atoms with Gasteiger partial charge in [-0.2, -0.15) is 0 Å². The van der Waals surface area contributed by atoms with Gasteiger partial charge in [-0.25, -0.2) is 0 Å². The van der Waals surface area contributed by atoms with Crippen molar-refractivity contribution in [3.63, 3.8) is 0 Å². The summed E-state index contributed by atoms with van der Waals surface area (Å²) in [6, 6.07) is 16.8. The van der Waals surface area contributed by atoms with Crippen molar-refractivity contribution in [2.24, 2.45) is 5.73 Å². The SMILES string of the molecule is NC(CSc1ccccc1Cl)c1ccc(C2CCC2)cc1. The molecule has 0 saturated heterocycles. The summed E-state index contributed by atoms with van der Waals surface area (Å²) in [4.78, 5) is 1.10. The minimum atomic E-state index is 0.0433. The maximum Gasteiger partial charge on any atom is 0.0541 e. The summed E-state index contributed by atoms with van der Waals surface area (Å²) in [5.74, 6) is 1.62. The minimum absolute atomic E-state index is 0.0433. The van der Waals surface area contributed by atoms with E-state index in [9.17, 15) is 0 Å². The molecule has 2 aromatic carbocycles. The van der Waals surface area contributed by atoms with Crippen LogP contribution in [0.1, 0.15) is 42.3 Å². The van der Waals surface area contributed by atoms with E-state index in [1.807, 2.05) is 24.3 Å². The standard InChI is InChI=1S/C18H20ClNS/c19-16-6-1-2-7-18(16)21-12-17(20)15-10-8-14(9-11-15)13-4-3-5-13/h1-2,6-11,13,17H,3-5,12,20H2. The Kier molecular flexibility index (Phi) is 4.89. The third-order valence-corrected chi connectivity index (χ3v) is 5.83. The highest BCUT2D eigenvalue weighted by Gasteiger charge is 2.19. The molecule has 2 aromatic rings. The first-order valence-corrected chi connectivity index (χ1v) is 8.83. The van der Waals surface area contributed by atoms with Crippen molar-refractivity contribution in [2.75, 3.05) is 5.75 Å². The van der Waals surface area contributed by atoms with E-state index < -0.39 is 0 Å². The van der Waals surface area contributed by atoms with E-state index in [1.54, 1.807) is 11.8 Å². The molecule has 1 unspecified atom stereocenters. The van der Waals surface area contributed by atoms with Crippen molar-refractivity contribution >= 4 is 23.4 Å². The lowest BCUT2D eigenvalue weighted by Gasteiger charge is -2.26. The molecule has 0 radical (unpaired) electrons. The summed E-state index contributed by atoms with van der Waals surface area (Å²) in [7, 11) is 0. The molecule has 0 bridgehead atoms. The molecular formula is C18H20ClNS. The van der Waals surface area contributed by atoms with Crippen molar-refractivity contribution in [3.05, 3.63) is 64.7 Å². The highest BCUT2D eigenvalue weighted by Crippen LogP contribution is 2.36. The Morgan fingerprint density at radius 3 is 2.43 bits per heavy atom. The second kappa shape index (κ2) is 6.87. The van der Waals surface area contributed by atoms with Crippen LogP contribution >= 0.6 is 23.4 Å². The van der Waals surface area contributed by atoms with Gasteiger partial charge in [0.15, 0.2) is 0 Å². The number of halogens is 1. The first-order valence-electron chi connectivity index (χ1n) is 7.47. The average molecular weight is 318 g/mol. The zero-order valence-electron chi connectivity index (χ0n) is 12.0. The lowest BCUT2D eigenvalue weighted by molar-refractivity contribution is 0.419. The summed E-state index contributed by atoms with van der Waals surface area (Å²) in [6.07, 6.45) is 4.06. The van der Waals surface area contributed by atoms with Gasteiger partial charge < -0.3 is 5.73 Å².